The first kappa shape index (κ1) is 17.8. The van der Waals surface area contributed by atoms with Gasteiger partial charge in [0.25, 0.3) is 5.91 Å². The van der Waals surface area contributed by atoms with Crippen LogP contribution in [0.15, 0.2) is 60.0 Å². The van der Waals surface area contributed by atoms with Crippen LogP contribution in [0.1, 0.15) is 10.5 Å². The molecule has 1 atom stereocenters. The molecule has 0 bridgehead atoms. The molecule has 1 aliphatic heterocycles. The maximum absolute atomic E-state index is 12.6. The number of nitrogens with zero attached hydrogens (tertiary/aromatic N) is 2. The second kappa shape index (κ2) is 7.25. The molecule has 2 aromatic carbocycles. The molecule has 7 heteroatoms. The summed E-state index contributed by atoms with van der Waals surface area (Å²) in [6.45, 7) is 0.754. The lowest BCUT2D eigenvalue weighted by atomic mass is 10.2. The fraction of sp³-hybridized carbons (Fsp3) is 0.182. The average molecular weight is 405 g/mol. The highest BCUT2D eigenvalue weighted by atomic mass is 32.1. The normalized spacial score (nSPS) is 15.4. The van der Waals surface area contributed by atoms with Crippen molar-refractivity contribution in [2.24, 2.45) is 7.05 Å². The summed E-state index contributed by atoms with van der Waals surface area (Å²) in [6.07, 6.45) is -0.231. The van der Waals surface area contributed by atoms with E-state index in [1.807, 2.05) is 43.4 Å². The third-order valence-electron chi connectivity index (χ3n) is 4.97. The van der Waals surface area contributed by atoms with Crippen LogP contribution in [-0.2, 0) is 7.05 Å². The van der Waals surface area contributed by atoms with E-state index < -0.39 is 0 Å². The minimum absolute atomic E-state index is 0.214. The molecular weight excluding hydrogens is 386 g/mol. The Bertz CT molecular complexity index is 1200. The van der Waals surface area contributed by atoms with Gasteiger partial charge in [-0.15, -0.1) is 11.3 Å². The summed E-state index contributed by atoms with van der Waals surface area (Å²) in [5.74, 6) is 1.22. The Hall–Kier alpha value is -3.32. The van der Waals surface area contributed by atoms with Crippen molar-refractivity contribution in [3.63, 3.8) is 0 Å². The number of hydrogen-bond acceptors (Lipinski definition) is 5. The molecular formula is C22H19N3O3S. The number of benzene rings is 2. The number of carbonyl (C=O) groups is 1. The first-order valence-corrected chi connectivity index (χ1v) is 10.2. The highest BCUT2D eigenvalue weighted by Gasteiger charge is 2.22. The Morgan fingerprint density at radius 1 is 1.21 bits per heavy atom. The van der Waals surface area contributed by atoms with E-state index in [4.69, 9.17) is 9.47 Å². The molecule has 0 aliphatic carbocycles. The quantitative estimate of drug-likeness (QED) is 0.560. The van der Waals surface area contributed by atoms with E-state index in [1.165, 1.54) is 11.3 Å². The van der Waals surface area contributed by atoms with Crippen molar-refractivity contribution in [2.75, 3.05) is 13.2 Å². The number of rotatable bonds is 4. The molecule has 0 radical (unpaired) electrons. The van der Waals surface area contributed by atoms with E-state index in [-0.39, 0.29) is 12.0 Å². The first-order valence-electron chi connectivity index (χ1n) is 9.36. The van der Waals surface area contributed by atoms with Crippen molar-refractivity contribution >= 4 is 28.1 Å². The number of carbonyl (C=O) groups excluding carboxylic acids is 1. The lowest BCUT2D eigenvalue weighted by molar-refractivity contribution is 0.0787. The van der Waals surface area contributed by atoms with Crippen molar-refractivity contribution in [3.05, 3.63) is 65.7 Å². The van der Waals surface area contributed by atoms with Gasteiger partial charge in [-0.25, -0.2) is 4.98 Å². The molecule has 0 saturated carbocycles. The fourth-order valence-electron chi connectivity index (χ4n) is 3.45. The summed E-state index contributed by atoms with van der Waals surface area (Å²) in [7, 11) is 2.01. The maximum atomic E-state index is 12.6. The summed E-state index contributed by atoms with van der Waals surface area (Å²) >= 11 is 1.46. The lowest BCUT2D eigenvalue weighted by Crippen LogP contribution is -2.40. The van der Waals surface area contributed by atoms with Crippen LogP contribution >= 0.6 is 11.3 Å². The highest BCUT2D eigenvalue weighted by molar-refractivity contribution is 7.13. The van der Waals surface area contributed by atoms with Gasteiger partial charge in [-0.1, -0.05) is 30.3 Å². The highest BCUT2D eigenvalue weighted by Crippen LogP contribution is 2.31. The van der Waals surface area contributed by atoms with Crippen LogP contribution in [0, 0.1) is 0 Å². The first-order chi connectivity index (χ1) is 14.2. The van der Waals surface area contributed by atoms with Gasteiger partial charge in [-0.2, -0.15) is 0 Å². The smallest absolute Gasteiger partial charge is 0.270 e. The largest absolute Gasteiger partial charge is 0.486 e. The maximum Gasteiger partial charge on any atom is 0.270 e. The zero-order valence-corrected chi connectivity index (χ0v) is 16.6. The Balaban J connectivity index is 1.27. The Kier molecular flexibility index (Phi) is 4.44. The summed E-state index contributed by atoms with van der Waals surface area (Å²) < 4.78 is 13.7. The van der Waals surface area contributed by atoms with Gasteiger partial charge in [0.2, 0.25) is 0 Å². The standard InChI is InChI=1S/C22H19N3O3S/c1-25-17-7-3-2-6-14(17)10-18(25)22-24-16(13-29-22)21(26)23-11-15-12-27-19-8-4-5-9-20(19)28-15/h2-10,13,15H,11-12H2,1H3,(H,23,26). The van der Waals surface area contributed by atoms with Crippen molar-refractivity contribution < 1.29 is 14.3 Å². The number of ether oxygens (including phenoxy) is 2. The topological polar surface area (TPSA) is 65.4 Å². The molecule has 1 N–H and O–H groups in total. The molecule has 1 amide bonds. The number of aryl methyl sites for hydroxylation is 1. The van der Waals surface area contributed by atoms with Gasteiger partial charge in [-0.05, 0) is 24.3 Å². The van der Waals surface area contributed by atoms with Crippen molar-refractivity contribution in [3.8, 4) is 22.2 Å². The van der Waals surface area contributed by atoms with E-state index in [0.717, 1.165) is 27.4 Å². The molecule has 3 heterocycles. The van der Waals surface area contributed by atoms with Gasteiger partial charge < -0.3 is 19.4 Å². The summed E-state index contributed by atoms with van der Waals surface area (Å²) in [4.78, 5) is 17.1. The number of nitrogens with one attached hydrogen (secondary N) is 1. The number of fused-ring (bicyclic) bond motifs is 2. The average Bonchev–Trinajstić information content (AvgIpc) is 3.37. The zero-order chi connectivity index (χ0) is 19.8. The van der Waals surface area contributed by atoms with Crippen LogP contribution in [0.5, 0.6) is 11.5 Å². The predicted octanol–water partition coefficient (Wildman–Crippen LogP) is 3.87. The molecule has 146 valence electrons. The van der Waals surface area contributed by atoms with Crippen LogP contribution in [0.4, 0.5) is 0 Å². The summed E-state index contributed by atoms with van der Waals surface area (Å²) in [5, 5.41) is 6.66. The molecule has 0 fully saturated rings. The van der Waals surface area contributed by atoms with Crippen molar-refractivity contribution in [1.29, 1.82) is 0 Å². The number of amides is 1. The SMILES string of the molecule is Cn1c(-c2nc(C(=O)NCC3COc4ccccc4O3)cs2)cc2ccccc21. The predicted molar refractivity (Wildman–Crippen MR) is 113 cm³/mol. The second-order valence-corrected chi connectivity index (χ2v) is 7.75. The number of para-hydroxylation sites is 3. The van der Waals surface area contributed by atoms with Gasteiger partial charge in [0, 0.05) is 23.3 Å². The molecule has 0 saturated heterocycles. The van der Waals surface area contributed by atoms with Crippen LogP contribution in [0.25, 0.3) is 21.6 Å². The molecule has 29 heavy (non-hydrogen) atoms. The fourth-order valence-corrected chi connectivity index (χ4v) is 4.30. The van der Waals surface area contributed by atoms with E-state index in [2.05, 4.69) is 33.1 Å². The minimum atomic E-state index is -0.231. The van der Waals surface area contributed by atoms with Gasteiger partial charge in [0.05, 0.1) is 12.2 Å². The van der Waals surface area contributed by atoms with E-state index in [0.29, 0.717) is 24.6 Å². The third-order valence-corrected chi connectivity index (χ3v) is 5.83. The van der Waals surface area contributed by atoms with E-state index in [9.17, 15) is 4.79 Å². The molecule has 2 aromatic heterocycles. The Labute approximate surface area is 171 Å². The summed E-state index contributed by atoms with van der Waals surface area (Å²) in [5.41, 5.74) is 2.54. The van der Waals surface area contributed by atoms with Crippen molar-refractivity contribution in [2.45, 2.75) is 6.10 Å². The monoisotopic (exact) mass is 405 g/mol. The molecule has 6 nitrogen and oxygen atoms in total. The van der Waals surface area contributed by atoms with Crippen molar-refractivity contribution in [1.82, 2.24) is 14.9 Å². The molecule has 5 rings (SSSR count). The van der Waals surface area contributed by atoms with Gasteiger partial charge >= 0.3 is 0 Å². The molecule has 1 aliphatic rings. The molecule has 0 spiro atoms. The minimum Gasteiger partial charge on any atom is -0.486 e. The Morgan fingerprint density at radius 2 is 2.00 bits per heavy atom. The van der Waals surface area contributed by atoms with Crippen LogP contribution < -0.4 is 14.8 Å². The van der Waals surface area contributed by atoms with Crippen LogP contribution in [0.3, 0.4) is 0 Å². The van der Waals surface area contributed by atoms with Gasteiger partial charge in [-0.3, -0.25) is 4.79 Å². The van der Waals surface area contributed by atoms with E-state index >= 15 is 0 Å². The van der Waals surface area contributed by atoms with Gasteiger partial charge in [0.15, 0.2) is 11.5 Å². The molecule has 1 unspecified atom stereocenters. The third kappa shape index (κ3) is 3.34. The lowest BCUT2D eigenvalue weighted by Gasteiger charge is -2.26. The number of thiazole rings is 1. The zero-order valence-electron chi connectivity index (χ0n) is 15.8. The molecule has 4 aromatic rings. The number of aromatic nitrogens is 2. The van der Waals surface area contributed by atoms with Gasteiger partial charge in [0.1, 0.15) is 23.4 Å². The second-order valence-electron chi connectivity index (χ2n) is 6.89. The summed E-state index contributed by atoms with van der Waals surface area (Å²) in [6, 6.07) is 17.8. The Morgan fingerprint density at radius 3 is 2.86 bits per heavy atom. The van der Waals surface area contributed by atoms with E-state index in [1.54, 1.807) is 5.38 Å². The van der Waals surface area contributed by atoms with Crippen LogP contribution in [0.2, 0.25) is 0 Å². The van der Waals surface area contributed by atoms with Crippen LogP contribution in [-0.4, -0.2) is 34.7 Å². The number of hydrogen-bond donors (Lipinski definition) is 1.